The molecule has 0 bridgehead atoms. The molecule has 0 saturated carbocycles. The highest BCUT2D eigenvalue weighted by atomic mass is 16.4. The smallest absolute Gasteiger partial charge is 0.318 e. The molecule has 7 heteroatoms. The number of nitrogens with zero attached hydrogens (tertiary/aromatic N) is 1. The predicted molar refractivity (Wildman–Crippen MR) is 102 cm³/mol. The Bertz CT molecular complexity index is 1100. The molecular formula is C21H18N2O5. The Kier molecular flexibility index (Phi) is 5.08. The Hall–Kier alpha value is -3.74. The van der Waals surface area contributed by atoms with Crippen molar-refractivity contribution in [1.29, 1.82) is 0 Å². The lowest BCUT2D eigenvalue weighted by Gasteiger charge is -2.10. The first-order valence-corrected chi connectivity index (χ1v) is 8.54. The van der Waals surface area contributed by atoms with Crippen LogP contribution in [0.1, 0.15) is 33.1 Å². The molecule has 0 aliphatic carbocycles. The van der Waals surface area contributed by atoms with E-state index in [2.05, 4.69) is 0 Å². The average molecular weight is 378 g/mol. The molecule has 0 aliphatic rings. The number of carbonyl (C=O) groups is 4. The highest BCUT2D eigenvalue weighted by Crippen LogP contribution is 2.33. The number of primary amides is 1. The molecule has 142 valence electrons. The first kappa shape index (κ1) is 19.0. The Balaban J connectivity index is 2.36. The standard InChI is InChI=1S/C21H18N2O5/c1-12-17(19(25)20(22)26)18-14(15(11-24)21(27)28)8-5-9-16(18)23(12)10-13-6-3-2-4-7-13/h2-9,11,15H,10H2,1H3,(H2,22,26)(H,27,28). The van der Waals surface area contributed by atoms with Gasteiger partial charge in [0.05, 0.1) is 5.56 Å². The van der Waals surface area contributed by atoms with Gasteiger partial charge >= 0.3 is 5.97 Å². The fourth-order valence-electron chi connectivity index (χ4n) is 3.45. The van der Waals surface area contributed by atoms with E-state index in [1.54, 1.807) is 19.1 Å². The minimum absolute atomic E-state index is 0.0298. The first-order chi connectivity index (χ1) is 13.4. The molecule has 0 radical (unpaired) electrons. The van der Waals surface area contributed by atoms with Crippen LogP contribution in [-0.4, -0.2) is 33.6 Å². The Morgan fingerprint density at radius 2 is 1.79 bits per heavy atom. The zero-order chi connectivity index (χ0) is 20.4. The van der Waals surface area contributed by atoms with E-state index in [1.165, 1.54) is 6.07 Å². The number of fused-ring (bicyclic) bond motifs is 1. The molecule has 28 heavy (non-hydrogen) atoms. The largest absolute Gasteiger partial charge is 0.480 e. The fraction of sp³-hybridized carbons (Fsp3) is 0.143. The van der Waals surface area contributed by atoms with Crippen molar-refractivity contribution in [2.75, 3.05) is 0 Å². The molecule has 0 aliphatic heterocycles. The van der Waals surface area contributed by atoms with Gasteiger partial charge in [-0.1, -0.05) is 42.5 Å². The summed E-state index contributed by atoms with van der Waals surface area (Å²) in [7, 11) is 0. The third-order valence-corrected chi connectivity index (χ3v) is 4.75. The van der Waals surface area contributed by atoms with E-state index in [1.807, 2.05) is 34.9 Å². The van der Waals surface area contributed by atoms with E-state index in [-0.39, 0.29) is 16.5 Å². The predicted octanol–water partition coefficient (Wildman–Crippen LogP) is 2.03. The summed E-state index contributed by atoms with van der Waals surface area (Å²) in [5, 5.41) is 9.68. The average Bonchev–Trinajstić information content (AvgIpc) is 2.95. The van der Waals surface area contributed by atoms with E-state index < -0.39 is 23.6 Å². The summed E-state index contributed by atoms with van der Waals surface area (Å²) in [5.41, 5.74) is 7.39. The zero-order valence-corrected chi connectivity index (χ0v) is 15.1. The number of amides is 1. The van der Waals surface area contributed by atoms with Crippen LogP contribution >= 0.6 is 0 Å². The van der Waals surface area contributed by atoms with Crippen molar-refractivity contribution < 1.29 is 24.3 Å². The number of aliphatic carboxylic acids is 1. The maximum atomic E-state index is 12.6. The highest BCUT2D eigenvalue weighted by Gasteiger charge is 2.29. The number of nitrogens with two attached hydrogens (primary N) is 1. The molecule has 1 atom stereocenters. The van der Waals surface area contributed by atoms with Crippen LogP contribution in [-0.2, 0) is 20.9 Å². The number of aldehydes is 1. The molecule has 0 spiro atoms. The molecule has 2 aromatic carbocycles. The van der Waals surface area contributed by atoms with Crippen molar-refractivity contribution >= 4 is 34.8 Å². The molecule has 3 aromatic rings. The molecule has 0 saturated heterocycles. The maximum absolute atomic E-state index is 12.6. The number of hydrogen-bond donors (Lipinski definition) is 2. The van der Waals surface area contributed by atoms with Crippen molar-refractivity contribution in [3.8, 4) is 0 Å². The number of ketones is 1. The Labute approximate surface area is 160 Å². The van der Waals surface area contributed by atoms with Crippen molar-refractivity contribution in [3.05, 3.63) is 70.9 Å². The summed E-state index contributed by atoms with van der Waals surface area (Å²) in [6.07, 6.45) is 0.305. The Morgan fingerprint density at radius 1 is 1.11 bits per heavy atom. The van der Waals surface area contributed by atoms with E-state index in [9.17, 15) is 24.3 Å². The third kappa shape index (κ3) is 3.18. The van der Waals surface area contributed by atoms with Crippen LogP contribution in [0.5, 0.6) is 0 Å². The lowest BCUT2D eigenvalue weighted by molar-refractivity contribution is -0.140. The molecule has 0 fully saturated rings. The van der Waals surface area contributed by atoms with Gasteiger partial charge < -0.3 is 20.2 Å². The topological polar surface area (TPSA) is 119 Å². The van der Waals surface area contributed by atoms with E-state index in [4.69, 9.17) is 5.73 Å². The number of rotatable bonds is 7. The summed E-state index contributed by atoms with van der Waals surface area (Å²) >= 11 is 0. The van der Waals surface area contributed by atoms with Crippen molar-refractivity contribution in [1.82, 2.24) is 4.57 Å². The molecule has 1 unspecified atom stereocenters. The normalized spacial score (nSPS) is 11.9. The molecule has 7 nitrogen and oxygen atoms in total. The van der Waals surface area contributed by atoms with Gasteiger partial charge in [0.1, 0.15) is 12.2 Å². The first-order valence-electron chi connectivity index (χ1n) is 8.54. The number of Topliss-reactive ketones (excluding diaryl/α,β-unsaturated/α-hetero) is 1. The zero-order valence-electron chi connectivity index (χ0n) is 15.1. The number of carboxylic acid groups (broad SMARTS) is 1. The van der Waals surface area contributed by atoms with Gasteiger partial charge in [-0.3, -0.25) is 14.4 Å². The van der Waals surface area contributed by atoms with E-state index in [0.29, 0.717) is 24.0 Å². The van der Waals surface area contributed by atoms with Crippen LogP contribution < -0.4 is 5.73 Å². The second kappa shape index (κ2) is 7.48. The fourth-order valence-corrected chi connectivity index (χ4v) is 3.45. The van der Waals surface area contributed by atoms with Gasteiger partial charge in [-0.05, 0) is 24.1 Å². The van der Waals surface area contributed by atoms with Gasteiger partial charge in [0.25, 0.3) is 11.7 Å². The summed E-state index contributed by atoms with van der Waals surface area (Å²) in [4.78, 5) is 47.2. The maximum Gasteiger partial charge on any atom is 0.318 e. The van der Waals surface area contributed by atoms with Gasteiger partial charge in [0, 0.05) is 23.1 Å². The van der Waals surface area contributed by atoms with Gasteiger partial charge in [0.15, 0.2) is 0 Å². The number of carboxylic acids is 1. The second-order valence-corrected chi connectivity index (χ2v) is 6.42. The molecule has 3 rings (SSSR count). The van der Waals surface area contributed by atoms with Gasteiger partial charge in [-0.15, -0.1) is 0 Å². The minimum atomic E-state index is -1.46. The van der Waals surface area contributed by atoms with Crippen molar-refractivity contribution in [3.63, 3.8) is 0 Å². The van der Waals surface area contributed by atoms with Crippen LogP contribution in [0.2, 0.25) is 0 Å². The molecule has 1 heterocycles. The Morgan fingerprint density at radius 3 is 2.36 bits per heavy atom. The minimum Gasteiger partial charge on any atom is -0.480 e. The molecule has 1 amide bonds. The summed E-state index contributed by atoms with van der Waals surface area (Å²) < 4.78 is 1.81. The number of benzene rings is 2. The van der Waals surface area contributed by atoms with Crippen LogP contribution in [0.3, 0.4) is 0 Å². The highest BCUT2D eigenvalue weighted by molar-refractivity contribution is 6.45. The van der Waals surface area contributed by atoms with Crippen LogP contribution in [0, 0.1) is 6.92 Å². The lowest BCUT2D eigenvalue weighted by atomic mass is 9.93. The second-order valence-electron chi connectivity index (χ2n) is 6.42. The van der Waals surface area contributed by atoms with Crippen LogP contribution in [0.15, 0.2) is 48.5 Å². The molecular weight excluding hydrogens is 360 g/mol. The van der Waals surface area contributed by atoms with Crippen molar-refractivity contribution in [2.24, 2.45) is 5.73 Å². The van der Waals surface area contributed by atoms with Gasteiger partial charge in [-0.2, -0.15) is 0 Å². The lowest BCUT2D eigenvalue weighted by Crippen LogP contribution is -2.24. The van der Waals surface area contributed by atoms with Gasteiger partial charge in [-0.25, -0.2) is 0 Å². The van der Waals surface area contributed by atoms with Crippen molar-refractivity contribution in [2.45, 2.75) is 19.4 Å². The molecule has 1 aromatic heterocycles. The van der Waals surface area contributed by atoms with E-state index in [0.717, 1.165) is 5.56 Å². The SMILES string of the molecule is Cc1c(C(=O)C(N)=O)c2c(C(C=O)C(=O)O)cccc2n1Cc1ccccc1. The monoisotopic (exact) mass is 378 g/mol. The quantitative estimate of drug-likeness (QED) is 0.282. The number of aromatic nitrogens is 1. The summed E-state index contributed by atoms with van der Waals surface area (Å²) in [6.45, 7) is 2.07. The van der Waals surface area contributed by atoms with E-state index >= 15 is 0 Å². The summed E-state index contributed by atoms with van der Waals surface area (Å²) in [5.74, 6) is -4.87. The number of hydrogen-bond acceptors (Lipinski definition) is 4. The number of carbonyl (C=O) groups excluding carboxylic acids is 3. The summed E-state index contributed by atoms with van der Waals surface area (Å²) in [6, 6.07) is 14.3. The molecule has 3 N–H and O–H groups in total. The van der Waals surface area contributed by atoms with Crippen LogP contribution in [0.4, 0.5) is 0 Å². The third-order valence-electron chi connectivity index (χ3n) is 4.75. The van der Waals surface area contributed by atoms with Crippen LogP contribution in [0.25, 0.3) is 10.9 Å². The van der Waals surface area contributed by atoms with Gasteiger partial charge in [0.2, 0.25) is 0 Å².